The molecule has 5 heteroatoms. The lowest BCUT2D eigenvalue weighted by Gasteiger charge is -2.13. The Labute approximate surface area is 115 Å². The molecular weight excluding hydrogens is 292 g/mol. The molecule has 0 bridgehead atoms. The van der Waals surface area contributed by atoms with Crippen LogP contribution in [0.3, 0.4) is 0 Å². The van der Waals surface area contributed by atoms with Crippen LogP contribution in [-0.4, -0.2) is 9.97 Å². The van der Waals surface area contributed by atoms with Gasteiger partial charge in [0.1, 0.15) is 5.82 Å². The van der Waals surface area contributed by atoms with Crippen LogP contribution in [0.25, 0.3) is 0 Å². The van der Waals surface area contributed by atoms with Crippen LogP contribution in [0.2, 0.25) is 0 Å². The molecule has 18 heavy (non-hydrogen) atoms. The van der Waals surface area contributed by atoms with Crippen LogP contribution >= 0.6 is 15.9 Å². The molecular formula is C13H15BrN4. The molecule has 0 fully saturated rings. The van der Waals surface area contributed by atoms with Gasteiger partial charge in [0.15, 0.2) is 0 Å². The van der Waals surface area contributed by atoms with Gasteiger partial charge in [-0.3, -0.25) is 0 Å². The maximum atomic E-state index is 5.64. The van der Waals surface area contributed by atoms with Gasteiger partial charge in [0, 0.05) is 21.9 Å². The van der Waals surface area contributed by atoms with E-state index in [2.05, 4.69) is 57.2 Å². The van der Waals surface area contributed by atoms with E-state index in [0.717, 1.165) is 27.0 Å². The highest BCUT2D eigenvalue weighted by Crippen LogP contribution is 2.27. The number of nitrogens with two attached hydrogens (primary N) is 1. The van der Waals surface area contributed by atoms with Crippen LogP contribution in [0.5, 0.6) is 0 Å². The highest BCUT2D eigenvalue weighted by molar-refractivity contribution is 9.10. The van der Waals surface area contributed by atoms with E-state index in [0.29, 0.717) is 5.82 Å². The van der Waals surface area contributed by atoms with Crippen molar-refractivity contribution >= 4 is 33.4 Å². The van der Waals surface area contributed by atoms with E-state index in [1.807, 2.05) is 13.0 Å². The SMILES string of the molecule is Cc1cc(Nc2c(C)cc(Br)cc2C)nc(N)n1. The molecule has 3 N–H and O–H groups in total. The zero-order valence-corrected chi connectivity index (χ0v) is 12.2. The van der Waals surface area contributed by atoms with Crippen LogP contribution in [0.15, 0.2) is 22.7 Å². The highest BCUT2D eigenvalue weighted by atomic mass is 79.9. The van der Waals surface area contributed by atoms with Crippen molar-refractivity contribution in [3.05, 3.63) is 39.5 Å². The molecule has 2 aromatic rings. The largest absolute Gasteiger partial charge is 0.368 e. The number of nitrogens with zero attached hydrogens (tertiary/aromatic N) is 2. The normalized spacial score (nSPS) is 10.4. The van der Waals surface area contributed by atoms with E-state index in [-0.39, 0.29) is 5.95 Å². The summed E-state index contributed by atoms with van der Waals surface area (Å²) >= 11 is 3.48. The molecule has 2 rings (SSSR count). The summed E-state index contributed by atoms with van der Waals surface area (Å²) < 4.78 is 1.07. The van der Waals surface area contributed by atoms with Gasteiger partial charge in [-0.05, 0) is 44.0 Å². The van der Waals surface area contributed by atoms with Gasteiger partial charge >= 0.3 is 0 Å². The molecule has 0 aliphatic heterocycles. The molecule has 0 saturated carbocycles. The summed E-state index contributed by atoms with van der Waals surface area (Å²) in [5.41, 5.74) is 9.84. The first-order valence-corrected chi connectivity index (χ1v) is 6.40. The minimum Gasteiger partial charge on any atom is -0.368 e. The fourth-order valence-corrected chi connectivity index (χ4v) is 2.58. The van der Waals surface area contributed by atoms with Gasteiger partial charge in [-0.1, -0.05) is 15.9 Å². The van der Waals surface area contributed by atoms with Gasteiger partial charge in [-0.2, -0.15) is 4.98 Å². The first-order chi connectivity index (χ1) is 8.45. The summed E-state index contributed by atoms with van der Waals surface area (Å²) in [6.07, 6.45) is 0. The summed E-state index contributed by atoms with van der Waals surface area (Å²) in [5, 5.41) is 3.30. The van der Waals surface area contributed by atoms with E-state index in [1.165, 1.54) is 0 Å². The third-order valence-electron chi connectivity index (χ3n) is 2.62. The Morgan fingerprint density at radius 2 is 1.67 bits per heavy atom. The van der Waals surface area contributed by atoms with Gasteiger partial charge in [-0.25, -0.2) is 4.98 Å². The van der Waals surface area contributed by atoms with Crippen molar-refractivity contribution in [1.29, 1.82) is 0 Å². The van der Waals surface area contributed by atoms with Crippen molar-refractivity contribution in [3.8, 4) is 0 Å². The maximum Gasteiger partial charge on any atom is 0.222 e. The molecule has 1 heterocycles. The van der Waals surface area contributed by atoms with Crippen molar-refractivity contribution < 1.29 is 0 Å². The van der Waals surface area contributed by atoms with Crippen LogP contribution < -0.4 is 11.1 Å². The molecule has 0 amide bonds. The van der Waals surface area contributed by atoms with Crippen molar-refractivity contribution in [2.45, 2.75) is 20.8 Å². The number of nitrogens with one attached hydrogen (secondary N) is 1. The summed E-state index contributed by atoms with van der Waals surface area (Å²) in [4.78, 5) is 8.23. The number of aryl methyl sites for hydroxylation is 3. The number of rotatable bonds is 2. The van der Waals surface area contributed by atoms with E-state index in [1.54, 1.807) is 0 Å². The fourth-order valence-electron chi connectivity index (χ4n) is 1.89. The van der Waals surface area contributed by atoms with Crippen molar-refractivity contribution in [2.75, 3.05) is 11.1 Å². The van der Waals surface area contributed by atoms with E-state index in [9.17, 15) is 0 Å². The van der Waals surface area contributed by atoms with Crippen molar-refractivity contribution in [1.82, 2.24) is 9.97 Å². The monoisotopic (exact) mass is 306 g/mol. The van der Waals surface area contributed by atoms with Crippen molar-refractivity contribution in [2.24, 2.45) is 0 Å². The second kappa shape index (κ2) is 4.94. The van der Waals surface area contributed by atoms with Gasteiger partial charge < -0.3 is 11.1 Å². The Bertz CT molecular complexity index is 552. The van der Waals surface area contributed by atoms with E-state index >= 15 is 0 Å². The summed E-state index contributed by atoms with van der Waals surface area (Å²) in [7, 11) is 0. The number of benzene rings is 1. The Balaban J connectivity index is 2.40. The maximum absolute atomic E-state index is 5.64. The van der Waals surface area contributed by atoms with Gasteiger partial charge in [-0.15, -0.1) is 0 Å². The molecule has 0 aliphatic rings. The lowest BCUT2D eigenvalue weighted by atomic mass is 10.1. The van der Waals surface area contributed by atoms with Gasteiger partial charge in [0.25, 0.3) is 0 Å². The number of anilines is 3. The quantitative estimate of drug-likeness (QED) is 0.891. The number of hydrogen-bond acceptors (Lipinski definition) is 4. The zero-order chi connectivity index (χ0) is 13.3. The average molecular weight is 307 g/mol. The molecule has 0 saturated heterocycles. The molecule has 1 aromatic heterocycles. The van der Waals surface area contributed by atoms with E-state index in [4.69, 9.17) is 5.73 Å². The molecule has 0 atom stereocenters. The van der Waals surface area contributed by atoms with Crippen molar-refractivity contribution in [3.63, 3.8) is 0 Å². The van der Waals surface area contributed by atoms with Gasteiger partial charge in [0.2, 0.25) is 5.95 Å². The van der Waals surface area contributed by atoms with Gasteiger partial charge in [0.05, 0.1) is 0 Å². The zero-order valence-electron chi connectivity index (χ0n) is 10.6. The minimum atomic E-state index is 0.282. The summed E-state index contributed by atoms with van der Waals surface area (Å²) in [6.45, 7) is 6.00. The number of halogens is 1. The van der Waals surface area contributed by atoms with Crippen LogP contribution in [0, 0.1) is 20.8 Å². The van der Waals surface area contributed by atoms with Crippen LogP contribution in [-0.2, 0) is 0 Å². The first-order valence-electron chi connectivity index (χ1n) is 5.60. The molecule has 0 unspecified atom stereocenters. The Hall–Kier alpha value is -1.62. The molecule has 1 aromatic carbocycles. The predicted molar refractivity (Wildman–Crippen MR) is 78.1 cm³/mol. The average Bonchev–Trinajstić information content (AvgIpc) is 2.22. The van der Waals surface area contributed by atoms with Crippen LogP contribution in [0.1, 0.15) is 16.8 Å². The van der Waals surface area contributed by atoms with E-state index < -0.39 is 0 Å². The Morgan fingerprint density at radius 1 is 1.06 bits per heavy atom. The first kappa shape index (κ1) is 12.8. The second-order valence-electron chi connectivity index (χ2n) is 4.29. The Kier molecular flexibility index (Phi) is 3.52. The predicted octanol–water partition coefficient (Wildman–Crippen LogP) is 3.49. The lowest BCUT2D eigenvalue weighted by Crippen LogP contribution is -2.03. The minimum absolute atomic E-state index is 0.282. The number of nitrogen functional groups attached to an aromatic ring is 1. The number of aromatic nitrogens is 2. The smallest absolute Gasteiger partial charge is 0.222 e. The topological polar surface area (TPSA) is 63.8 Å². The summed E-state index contributed by atoms with van der Waals surface area (Å²) in [5.74, 6) is 0.999. The third kappa shape index (κ3) is 2.79. The highest BCUT2D eigenvalue weighted by Gasteiger charge is 2.06. The molecule has 4 nitrogen and oxygen atoms in total. The fraction of sp³-hybridized carbons (Fsp3) is 0.231. The number of hydrogen-bond donors (Lipinski definition) is 2. The standard InChI is InChI=1S/C13H15BrN4/c1-7-4-10(14)5-8(2)12(7)17-11-6-9(3)16-13(15)18-11/h4-6H,1-3H3,(H3,15,16,17,18). The lowest BCUT2D eigenvalue weighted by molar-refractivity contribution is 1.12. The summed E-state index contributed by atoms with van der Waals surface area (Å²) in [6, 6.07) is 6.00. The Morgan fingerprint density at radius 3 is 2.22 bits per heavy atom. The molecule has 94 valence electrons. The van der Waals surface area contributed by atoms with Crippen LogP contribution in [0.4, 0.5) is 17.5 Å². The second-order valence-corrected chi connectivity index (χ2v) is 5.21. The molecule has 0 aliphatic carbocycles. The molecule has 0 radical (unpaired) electrons. The third-order valence-corrected chi connectivity index (χ3v) is 3.08. The molecule has 0 spiro atoms.